The zero-order valence-corrected chi connectivity index (χ0v) is 12.1. The number of carbonyl (C=O) groups excluding carboxylic acids is 1. The number of aliphatic hydroxyl groups excluding tert-OH is 1. The molecule has 0 aromatic heterocycles. The molecule has 0 bridgehead atoms. The second-order valence-electron chi connectivity index (χ2n) is 5.50. The Balaban J connectivity index is 2.03. The lowest BCUT2D eigenvalue weighted by atomic mass is 9.82. The molecule has 0 spiro atoms. The molecule has 1 aliphatic rings. The molecule has 1 amide bonds. The Morgan fingerprint density at radius 3 is 2.75 bits per heavy atom. The van der Waals surface area contributed by atoms with Crippen LogP contribution in [0.15, 0.2) is 18.2 Å². The Labute approximate surface area is 119 Å². The average molecular weight is 277 g/mol. The molecule has 5 heteroatoms. The van der Waals surface area contributed by atoms with Gasteiger partial charge >= 0.3 is 0 Å². The summed E-state index contributed by atoms with van der Waals surface area (Å²) in [6, 6.07) is 5.39. The molecular formula is C15H23N3O2. The summed E-state index contributed by atoms with van der Waals surface area (Å²) in [4.78, 5) is 13.8. The van der Waals surface area contributed by atoms with Crippen molar-refractivity contribution in [3.05, 3.63) is 23.8 Å². The van der Waals surface area contributed by atoms with Crippen molar-refractivity contribution >= 4 is 17.3 Å². The number of nitrogens with one attached hydrogen (secondary N) is 1. The second-order valence-corrected chi connectivity index (χ2v) is 5.50. The quantitative estimate of drug-likeness (QED) is 0.707. The van der Waals surface area contributed by atoms with Crippen molar-refractivity contribution in [2.24, 2.45) is 5.92 Å². The molecule has 5 nitrogen and oxygen atoms in total. The van der Waals surface area contributed by atoms with Crippen LogP contribution in [0.25, 0.3) is 0 Å². The molecule has 0 saturated heterocycles. The lowest BCUT2D eigenvalue weighted by molar-refractivity contribution is 0.0465. The summed E-state index contributed by atoms with van der Waals surface area (Å²) in [5, 5.41) is 12.1. The Hall–Kier alpha value is -1.75. The van der Waals surface area contributed by atoms with Gasteiger partial charge in [-0.25, -0.2) is 0 Å². The third-order valence-corrected chi connectivity index (χ3v) is 3.78. The van der Waals surface area contributed by atoms with E-state index < -0.39 is 0 Å². The van der Waals surface area contributed by atoms with E-state index >= 15 is 0 Å². The van der Waals surface area contributed by atoms with E-state index in [1.807, 2.05) is 20.0 Å². The van der Waals surface area contributed by atoms with Gasteiger partial charge < -0.3 is 21.1 Å². The van der Waals surface area contributed by atoms with Gasteiger partial charge in [-0.15, -0.1) is 0 Å². The van der Waals surface area contributed by atoms with Gasteiger partial charge in [-0.2, -0.15) is 0 Å². The first kappa shape index (κ1) is 14.7. The minimum Gasteiger partial charge on any atom is -0.397 e. The van der Waals surface area contributed by atoms with Gasteiger partial charge in [0, 0.05) is 25.7 Å². The van der Waals surface area contributed by atoms with E-state index in [2.05, 4.69) is 10.2 Å². The van der Waals surface area contributed by atoms with Gasteiger partial charge in [-0.05, 0) is 43.9 Å². The fourth-order valence-electron chi connectivity index (χ4n) is 2.64. The number of aliphatic hydroxyl groups is 1. The molecule has 1 aromatic rings. The molecule has 0 aliphatic heterocycles. The number of rotatable bonds is 5. The summed E-state index contributed by atoms with van der Waals surface area (Å²) in [6.45, 7) is 3.36. The number of hydrogen-bond donors (Lipinski definition) is 3. The zero-order chi connectivity index (χ0) is 14.7. The van der Waals surface area contributed by atoms with Crippen molar-refractivity contribution in [3.8, 4) is 0 Å². The number of amides is 1. The van der Waals surface area contributed by atoms with Crippen LogP contribution in [0.3, 0.4) is 0 Å². The van der Waals surface area contributed by atoms with Crippen LogP contribution in [-0.4, -0.2) is 37.3 Å². The van der Waals surface area contributed by atoms with Crippen LogP contribution < -0.4 is 16.0 Å². The molecule has 1 saturated carbocycles. The van der Waals surface area contributed by atoms with Gasteiger partial charge in [0.1, 0.15) is 0 Å². The van der Waals surface area contributed by atoms with Crippen molar-refractivity contribution in [1.82, 2.24) is 5.32 Å². The van der Waals surface area contributed by atoms with Gasteiger partial charge in [0.2, 0.25) is 0 Å². The van der Waals surface area contributed by atoms with Gasteiger partial charge in [0.05, 0.1) is 17.5 Å². The molecule has 1 fully saturated rings. The lowest BCUT2D eigenvalue weighted by Gasteiger charge is -2.35. The summed E-state index contributed by atoms with van der Waals surface area (Å²) >= 11 is 0. The van der Waals surface area contributed by atoms with Crippen molar-refractivity contribution in [2.45, 2.75) is 25.9 Å². The smallest absolute Gasteiger partial charge is 0.251 e. The molecule has 0 unspecified atom stereocenters. The molecule has 0 heterocycles. The minimum absolute atomic E-state index is 0.101. The normalized spacial score (nSPS) is 21.1. The maximum absolute atomic E-state index is 11.7. The molecular weight excluding hydrogens is 254 g/mol. The summed E-state index contributed by atoms with van der Waals surface area (Å²) in [5.74, 6) is 0.424. The van der Waals surface area contributed by atoms with E-state index in [1.165, 1.54) is 0 Å². The zero-order valence-electron chi connectivity index (χ0n) is 12.1. The van der Waals surface area contributed by atoms with E-state index in [4.69, 9.17) is 5.73 Å². The first-order valence-corrected chi connectivity index (χ1v) is 7.08. The minimum atomic E-state index is -0.133. The van der Waals surface area contributed by atoms with Crippen LogP contribution in [0, 0.1) is 5.92 Å². The highest BCUT2D eigenvalue weighted by molar-refractivity contribution is 5.96. The standard InChI is InChI=1S/C15H23N3O2/c1-3-17-15(20)11-4-5-14(13(16)8-11)18(2)9-10-6-12(19)7-10/h4-5,8,10,12,19H,3,6-7,9,16H2,1-2H3,(H,17,20). The van der Waals surface area contributed by atoms with Crippen LogP contribution in [0.1, 0.15) is 30.1 Å². The monoisotopic (exact) mass is 277 g/mol. The van der Waals surface area contributed by atoms with Crippen LogP contribution in [0.5, 0.6) is 0 Å². The maximum atomic E-state index is 11.7. The van der Waals surface area contributed by atoms with Crippen molar-refractivity contribution in [3.63, 3.8) is 0 Å². The van der Waals surface area contributed by atoms with Crippen LogP contribution in [0.2, 0.25) is 0 Å². The van der Waals surface area contributed by atoms with Crippen molar-refractivity contribution < 1.29 is 9.90 Å². The fraction of sp³-hybridized carbons (Fsp3) is 0.533. The van der Waals surface area contributed by atoms with E-state index in [1.54, 1.807) is 12.1 Å². The van der Waals surface area contributed by atoms with E-state index in [0.717, 1.165) is 25.1 Å². The Morgan fingerprint density at radius 1 is 1.50 bits per heavy atom. The number of nitrogens with zero attached hydrogens (tertiary/aromatic N) is 1. The highest BCUT2D eigenvalue weighted by Crippen LogP contribution is 2.31. The topological polar surface area (TPSA) is 78.6 Å². The van der Waals surface area contributed by atoms with Crippen molar-refractivity contribution in [1.29, 1.82) is 0 Å². The lowest BCUT2D eigenvalue weighted by Crippen LogP contribution is -2.37. The van der Waals surface area contributed by atoms with Gasteiger partial charge in [-0.1, -0.05) is 0 Å². The second kappa shape index (κ2) is 6.13. The predicted molar refractivity (Wildman–Crippen MR) is 80.9 cm³/mol. The SMILES string of the molecule is CCNC(=O)c1ccc(N(C)CC2CC(O)C2)c(N)c1. The third kappa shape index (κ3) is 3.22. The van der Waals surface area contributed by atoms with E-state index in [0.29, 0.717) is 23.7 Å². The Morgan fingerprint density at radius 2 is 2.20 bits per heavy atom. The number of benzene rings is 1. The van der Waals surface area contributed by atoms with Crippen LogP contribution in [0.4, 0.5) is 11.4 Å². The first-order valence-electron chi connectivity index (χ1n) is 7.08. The molecule has 1 aliphatic carbocycles. The molecule has 2 rings (SSSR count). The summed E-state index contributed by atoms with van der Waals surface area (Å²) in [5.41, 5.74) is 8.17. The Bertz CT molecular complexity index is 484. The maximum Gasteiger partial charge on any atom is 0.251 e. The van der Waals surface area contributed by atoms with Gasteiger partial charge in [0.15, 0.2) is 0 Å². The fourth-order valence-corrected chi connectivity index (χ4v) is 2.64. The number of hydrogen-bond acceptors (Lipinski definition) is 4. The predicted octanol–water partition coefficient (Wildman–Crippen LogP) is 1.23. The highest BCUT2D eigenvalue weighted by Gasteiger charge is 2.28. The largest absolute Gasteiger partial charge is 0.397 e. The summed E-state index contributed by atoms with van der Waals surface area (Å²) in [7, 11) is 1.99. The number of nitrogen functional groups attached to an aromatic ring is 1. The number of anilines is 2. The van der Waals surface area contributed by atoms with E-state index in [-0.39, 0.29) is 12.0 Å². The molecule has 0 atom stereocenters. The molecule has 110 valence electrons. The van der Waals surface area contributed by atoms with Crippen LogP contribution in [-0.2, 0) is 0 Å². The summed E-state index contributed by atoms with van der Waals surface area (Å²) in [6.07, 6.45) is 1.59. The molecule has 1 aromatic carbocycles. The van der Waals surface area contributed by atoms with Gasteiger partial charge in [-0.3, -0.25) is 4.79 Å². The average Bonchev–Trinajstić information content (AvgIpc) is 2.36. The van der Waals surface area contributed by atoms with Crippen molar-refractivity contribution in [2.75, 3.05) is 30.8 Å². The number of carbonyl (C=O) groups is 1. The Kier molecular flexibility index (Phi) is 4.49. The number of nitrogens with two attached hydrogens (primary N) is 1. The molecule has 0 radical (unpaired) electrons. The summed E-state index contributed by atoms with van der Waals surface area (Å²) < 4.78 is 0. The first-order chi connectivity index (χ1) is 9.51. The third-order valence-electron chi connectivity index (χ3n) is 3.78. The van der Waals surface area contributed by atoms with Gasteiger partial charge in [0.25, 0.3) is 5.91 Å². The molecule has 4 N–H and O–H groups in total. The van der Waals surface area contributed by atoms with Crippen LogP contribution >= 0.6 is 0 Å². The molecule has 20 heavy (non-hydrogen) atoms. The highest BCUT2D eigenvalue weighted by atomic mass is 16.3. The van der Waals surface area contributed by atoms with E-state index in [9.17, 15) is 9.90 Å².